The molecule has 0 aliphatic heterocycles. The smallest absolute Gasteiger partial charge is 0.349 e. The van der Waals surface area contributed by atoms with E-state index in [2.05, 4.69) is 5.32 Å². The van der Waals surface area contributed by atoms with Crippen LogP contribution in [0.5, 0.6) is 0 Å². The molecule has 1 saturated carbocycles. The molecule has 0 heterocycles. The van der Waals surface area contributed by atoms with Gasteiger partial charge in [0.1, 0.15) is 0 Å². The molecule has 2 aromatic rings. The molecule has 186 valence electrons. The van der Waals surface area contributed by atoms with E-state index in [0.717, 1.165) is 24.5 Å². The van der Waals surface area contributed by atoms with Gasteiger partial charge in [-0.25, -0.2) is 21.2 Å². The first-order valence-corrected chi connectivity index (χ1v) is 13.7. The van der Waals surface area contributed by atoms with E-state index in [1.54, 1.807) is 0 Å². The number of amides is 1. The summed E-state index contributed by atoms with van der Waals surface area (Å²) < 4.78 is 104. The molecule has 3 rings (SSSR count). The standard InChI is InChI=1S/C21H20ClF4NO5S2/c1-33(29,30)18-12-14(22)5-6-17(18)19(28)27-15-7-9-20(23,10-8-15)34(31,32)16-4-2-3-13(11-16)21(24,25)26/h2-6,11-12,15H,7-10H2,1H3,(H,27,28)/t15-,20-. The molecule has 0 spiro atoms. The number of hydrogen-bond acceptors (Lipinski definition) is 5. The third-order valence-corrected chi connectivity index (χ3v) is 9.23. The highest BCUT2D eigenvalue weighted by molar-refractivity contribution is 7.92. The minimum Gasteiger partial charge on any atom is -0.349 e. The molecule has 0 radical (unpaired) electrons. The lowest BCUT2D eigenvalue weighted by molar-refractivity contribution is -0.137. The van der Waals surface area contributed by atoms with Crippen LogP contribution in [-0.4, -0.2) is 40.0 Å². The van der Waals surface area contributed by atoms with E-state index in [4.69, 9.17) is 11.6 Å². The van der Waals surface area contributed by atoms with Gasteiger partial charge in [-0.1, -0.05) is 17.7 Å². The summed E-state index contributed by atoms with van der Waals surface area (Å²) in [5, 5.41) is -0.132. The molecular weight excluding hydrogens is 522 g/mol. The van der Waals surface area contributed by atoms with Crippen LogP contribution in [0.15, 0.2) is 52.3 Å². The number of nitrogens with one attached hydrogen (secondary N) is 1. The lowest BCUT2D eigenvalue weighted by Crippen LogP contribution is -2.45. The maximum atomic E-state index is 15.5. The van der Waals surface area contributed by atoms with Gasteiger partial charge in [-0.2, -0.15) is 13.2 Å². The van der Waals surface area contributed by atoms with Crippen molar-refractivity contribution in [3.8, 4) is 0 Å². The molecule has 1 aliphatic rings. The van der Waals surface area contributed by atoms with Crippen LogP contribution in [0, 0.1) is 0 Å². The summed E-state index contributed by atoms with van der Waals surface area (Å²) in [4.78, 5) is 11.6. The molecule has 1 aliphatic carbocycles. The molecule has 13 heteroatoms. The lowest BCUT2D eigenvalue weighted by Gasteiger charge is -2.34. The summed E-state index contributed by atoms with van der Waals surface area (Å²) in [6.07, 6.45) is -5.24. The van der Waals surface area contributed by atoms with Crippen molar-refractivity contribution in [3.63, 3.8) is 0 Å². The van der Waals surface area contributed by atoms with Crippen LogP contribution < -0.4 is 5.32 Å². The Kier molecular flexibility index (Phi) is 7.09. The zero-order chi connectivity index (χ0) is 25.5. The van der Waals surface area contributed by atoms with Gasteiger partial charge >= 0.3 is 6.18 Å². The Hall–Kier alpha value is -2.18. The van der Waals surface area contributed by atoms with Crippen LogP contribution in [0.1, 0.15) is 41.6 Å². The Labute approximate surface area is 199 Å². The molecule has 0 atom stereocenters. The Morgan fingerprint density at radius 3 is 2.24 bits per heavy atom. The molecule has 0 saturated heterocycles. The topological polar surface area (TPSA) is 97.4 Å². The van der Waals surface area contributed by atoms with E-state index >= 15 is 4.39 Å². The van der Waals surface area contributed by atoms with Gasteiger partial charge in [-0.15, -0.1) is 0 Å². The van der Waals surface area contributed by atoms with Crippen molar-refractivity contribution < 1.29 is 39.2 Å². The quantitative estimate of drug-likeness (QED) is 0.559. The van der Waals surface area contributed by atoms with Gasteiger partial charge in [0.15, 0.2) is 9.84 Å². The first-order chi connectivity index (χ1) is 15.5. The summed E-state index contributed by atoms with van der Waals surface area (Å²) in [6, 6.07) is 5.92. The number of alkyl halides is 4. The van der Waals surface area contributed by atoms with Crippen molar-refractivity contribution in [1.82, 2.24) is 5.32 Å². The molecule has 1 amide bonds. The Balaban J connectivity index is 1.76. The predicted molar refractivity (Wildman–Crippen MR) is 117 cm³/mol. The molecule has 0 bridgehead atoms. The van der Waals surface area contributed by atoms with Crippen molar-refractivity contribution >= 4 is 37.2 Å². The zero-order valence-electron chi connectivity index (χ0n) is 17.7. The SMILES string of the molecule is CS(=O)(=O)c1cc(Cl)ccc1C(=O)N[C@H]1CC[C@](F)(S(=O)(=O)c2cccc(C(F)(F)F)c2)CC1. The van der Waals surface area contributed by atoms with Gasteiger partial charge in [0.25, 0.3) is 5.91 Å². The van der Waals surface area contributed by atoms with Crippen molar-refractivity contribution in [3.05, 3.63) is 58.6 Å². The summed E-state index contributed by atoms with van der Waals surface area (Å²) in [6.45, 7) is 0. The average molecular weight is 542 g/mol. The second-order valence-electron chi connectivity index (χ2n) is 8.07. The van der Waals surface area contributed by atoms with Crippen LogP contribution in [0.2, 0.25) is 5.02 Å². The molecule has 1 fully saturated rings. The van der Waals surface area contributed by atoms with Crippen LogP contribution in [-0.2, 0) is 25.9 Å². The van der Waals surface area contributed by atoms with Crippen LogP contribution >= 0.6 is 11.6 Å². The molecule has 34 heavy (non-hydrogen) atoms. The number of halogens is 5. The molecule has 2 aromatic carbocycles. The zero-order valence-corrected chi connectivity index (χ0v) is 20.1. The summed E-state index contributed by atoms with van der Waals surface area (Å²) >= 11 is 5.82. The summed E-state index contributed by atoms with van der Waals surface area (Å²) in [7, 11) is -8.54. The number of sulfone groups is 2. The minimum atomic E-state index is -4.79. The highest BCUT2D eigenvalue weighted by atomic mass is 35.5. The molecule has 6 nitrogen and oxygen atoms in total. The highest BCUT2D eigenvalue weighted by Crippen LogP contribution is 2.41. The second-order valence-corrected chi connectivity index (χ2v) is 12.7. The van der Waals surface area contributed by atoms with E-state index in [0.29, 0.717) is 12.1 Å². The number of rotatable bonds is 5. The van der Waals surface area contributed by atoms with Gasteiger partial charge in [0.05, 0.1) is 20.9 Å². The molecule has 0 unspecified atom stereocenters. The minimum absolute atomic E-state index is 0.108. The van der Waals surface area contributed by atoms with Gasteiger partial charge in [-0.05, 0) is 62.1 Å². The van der Waals surface area contributed by atoms with Crippen molar-refractivity contribution in [2.24, 2.45) is 0 Å². The monoisotopic (exact) mass is 541 g/mol. The maximum absolute atomic E-state index is 15.5. The molecule has 0 aromatic heterocycles. The van der Waals surface area contributed by atoms with E-state index in [9.17, 15) is 34.8 Å². The second kappa shape index (κ2) is 9.12. The van der Waals surface area contributed by atoms with E-state index in [-0.39, 0.29) is 28.3 Å². The van der Waals surface area contributed by atoms with Crippen molar-refractivity contribution in [2.75, 3.05) is 6.26 Å². The third-order valence-electron chi connectivity index (χ3n) is 5.61. The fourth-order valence-corrected chi connectivity index (χ4v) is 6.64. The first-order valence-electron chi connectivity index (χ1n) is 9.96. The fourth-order valence-electron chi connectivity index (χ4n) is 3.77. The number of hydrogen-bond donors (Lipinski definition) is 1. The number of carbonyl (C=O) groups is 1. The third kappa shape index (κ3) is 5.38. The first kappa shape index (κ1) is 26.4. The van der Waals surface area contributed by atoms with E-state index in [1.165, 1.54) is 12.1 Å². The maximum Gasteiger partial charge on any atom is 0.416 e. The Morgan fingerprint density at radius 1 is 1.06 bits per heavy atom. The van der Waals surface area contributed by atoms with E-state index in [1.807, 2.05) is 0 Å². The van der Waals surface area contributed by atoms with Crippen LogP contribution in [0.4, 0.5) is 17.6 Å². The van der Waals surface area contributed by atoms with Crippen molar-refractivity contribution in [1.29, 1.82) is 0 Å². The van der Waals surface area contributed by atoms with Gasteiger partial charge in [0.2, 0.25) is 14.8 Å². The summed E-state index contributed by atoms with van der Waals surface area (Å²) in [5.74, 6) is -0.755. The van der Waals surface area contributed by atoms with Gasteiger partial charge in [0, 0.05) is 17.3 Å². The molecular formula is C21H20ClF4NO5S2. The summed E-state index contributed by atoms with van der Waals surface area (Å²) in [5.41, 5.74) is -1.37. The number of carbonyl (C=O) groups excluding carboxylic acids is 1. The lowest BCUT2D eigenvalue weighted by atomic mass is 9.93. The Bertz CT molecular complexity index is 1320. The molecule has 1 N–H and O–H groups in total. The van der Waals surface area contributed by atoms with Crippen molar-refractivity contribution in [2.45, 2.75) is 52.7 Å². The predicted octanol–water partition coefficient (Wildman–Crippen LogP) is 4.57. The highest BCUT2D eigenvalue weighted by Gasteiger charge is 2.48. The largest absolute Gasteiger partial charge is 0.416 e. The van der Waals surface area contributed by atoms with Gasteiger partial charge < -0.3 is 5.32 Å². The number of benzene rings is 2. The van der Waals surface area contributed by atoms with Crippen LogP contribution in [0.3, 0.4) is 0 Å². The van der Waals surface area contributed by atoms with E-state index < -0.39 is 66.1 Å². The normalized spacial score (nSPS) is 21.8. The Morgan fingerprint density at radius 2 is 1.68 bits per heavy atom. The van der Waals surface area contributed by atoms with Gasteiger partial charge in [-0.3, -0.25) is 4.79 Å². The fraction of sp³-hybridized carbons (Fsp3) is 0.381. The average Bonchev–Trinajstić information content (AvgIpc) is 2.74. The van der Waals surface area contributed by atoms with Crippen LogP contribution in [0.25, 0.3) is 0 Å².